The van der Waals surface area contributed by atoms with Crippen molar-refractivity contribution in [2.75, 3.05) is 0 Å². The van der Waals surface area contributed by atoms with E-state index in [-0.39, 0.29) is 0 Å². The van der Waals surface area contributed by atoms with E-state index in [1.165, 1.54) is 92.2 Å². The third-order valence-electron chi connectivity index (χ3n) is 13.7. The van der Waals surface area contributed by atoms with Crippen LogP contribution < -0.4 is 0 Å². The summed E-state index contributed by atoms with van der Waals surface area (Å²) in [6.07, 6.45) is 0. The molecule has 0 bridgehead atoms. The summed E-state index contributed by atoms with van der Waals surface area (Å²) in [5, 5.41) is 14.9. The number of fused-ring (bicyclic) bond motifs is 18. The van der Waals surface area contributed by atoms with Crippen molar-refractivity contribution in [1.29, 1.82) is 0 Å². The molecule has 0 aliphatic rings. The second-order valence-electron chi connectivity index (χ2n) is 16.9. The van der Waals surface area contributed by atoms with Crippen LogP contribution in [0.5, 0.6) is 0 Å². The Balaban J connectivity index is 1.03. The lowest BCUT2D eigenvalue weighted by Crippen LogP contribution is -2.04. The molecule has 290 valence electrons. The van der Waals surface area contributed by atoms with E-state index >= 15 is 0 Å². The molecule has 0 aliphatic carbocycles. The highest BCUT2D eigenvalue weighted by Crippen LogP contribution is 2.48. The first-order chi connectivity index (χ1) is 31.3. The van der Waals surface area contributed by atoms with Crippen LogP contribution in [-0.2, 0) is 0 Å². The van der Waals surface area contributed by atoms with Crippen molar-refractivity contribution in [3.8, 4) is 22.8 Å². The predicted molar refractivity (Wildman–Crippen MR) is 263 cm³/mol. The molecule has 5 nitrogen and oxygen atoms in total. The van der Waals surface area contributed by atoms with E-state index in [0.717, 1.165) is 44.8 Å². The minimum atomic E-state index is 0.811. The van der Waals surface area contributed by atoms with Gasteiger partial charge in [0.15, 0.2) is 5.82 Å². The molecule has 0 aliphatic heterocycles. The van der Waals surface area contributed by atoms with E-state index in [1.54, 1.807) is 0 Å². The smallest absolute Gasteiger partial charge is 0.165 e. The normalized spacial score (nSPS) is 12.4. The van der Waals surface area contributed by atoms with Gasteiger partial charge in [0.25, 0.3) is 0 Å². The Kier molecular flexibility index (Phi) is 6.36. The fourth-order valence-electron chi connectivity index (χ4n) is 11.1. The van der Waals surface area contributed by atoms with Crippen LogP contribution >= 0.6 is 0 Å². The van der Waals surface area contributed by atoms with E-state index in [1.807, 2.05) is 12.1 Å². The number of rotatable bonds is 3. The summed E-state index contributed by atoms with van der Waals surface area (Å²) >= 11 is 0. The van der Waals surface area contributed by atoms with Crippen molar-refractivity contribution in [3.63, 3.8) is 0 Å². The van der Waals surface area contributed by atoms with Crippen molar-refractivity contribution in [2.45, 2.75) is 0 Å². The number of para-hydroxylation sites is 5. The second kappa shape index (κ2) is 12.1. The number of hydrogen-bond donors (Lipinski definition) is 0. The molecule has 0 atom stereocenters. The van der Waals surface area contributed by atoms with Gasteiger partial charge >= 0.3 is 0 Å². The summed E-state index contributed by atoms with van der Waals surface area (Å²) in [5.74, 6) is 0.811. The molecule has 0 unspecified atom stereocenters. The first kappa shape index (κ1) is 33.2. The molecule has 5 aromatic heterocycles. The maximum Gasteiger partial charge on any atom is 0.165 e. The highest BCUT2D eigenvalue weighted by molar-refractivity contribution is 6.35. The van der Waals surface area contributed by atoms with Gasteiger partial charge in [-0.05, 0) is 70.8 Å². The molecule has 15 aromatic rings. The van der Waals surface area contributed by atoms with Crippen molar-refractivity contribution in [1.82, 2.24) is 23.5 Å². The van der Waals surface area contributed by atoms with Gasteiger partial charge in [-0.25, -0.2) is 9.97 Å². The van der Waals surface area contributed by atoms with Gasteiger partial charge in [-0.3, -0.25) is 4.57 Å². The lowest BCUT2D eigenvalue weighted by atomic mass is 10.0. The van der Waals surface area contributed by atoms with Crippen LogP contribution in [0.3, 0.4) is 0 Å². The maximum atomic E-state index is 5.45. The molecule has 0 N–H and O–H groups in total. The molecule has 0 fully saturated rings. The number of aromatic nitrogens is 5. The number of hydrogen-bond acceptors (Lipinski definition) is 2. The quantitative estimate of drug-likeness (QED) is 0.179. The molecule has 0 spiro atoms. The third kappa shape index (κ3) is 4.30. The average molecular weight is 800 g/mol. The van der Waals surface area contributed by atoms with Crippen molar-refractivity contribution < 1.29 is 0 Å². The summed E-state index contributed by atoms with van der Waals surface area (Å²) < 4.78 is 7.33. The highest BCUT2D eigenvalue weighted by atomic mass is 15.1. The lowest BCUT2D eigenvalue weighted by molar-refractivity contribution is 1.08. The minimum Gasteiger partial charge on any atom is -0.308 e. The van der Waals surface area contributed by atoms with E-state index < -0.39 is 0 Å². The zero-order chi connectivity index (χ0) is 40.9. The molecule has 10 aromatic carbocycles. The summed E-state index contributed by atoms with van der Waals surface area (Å²) in [6.45, 7) is 0. The second-order valence-corrected chi connectivity index (χ2v) is 16.9. The van der Waals surface area contributed by atoms with E-state index in [2.05, 4.69) is 202 Å². The monoisotopic (exact) mass is 799 g/mol. The lowest BCUT2D eigenvalue weighted by Gasteiger charge is -2.15. The maximum absolute atomic E-state index is 5.45. The zero-order valence-electron chi connectivity index (χ0n) is 33.8. The molecule has 5 heteroatoms. The van der Waals surface area contributed by atoms with Gasteiger partial charge in [0, 0.05) is 59.7 Å². The molecule has 15 rings (SSSR count). The van der Waals surface area contributed by atoms with Crippen LogP contribution in [0.2, 0.25) is 0 Å². The summed E-state index contributed by atoms with van der Waals surface area (Å²) in [6, 6.07) is 72.7. The largest absolute Gasteiger partial charge is 0.308 e. The van der Waals surface area contributed by atoms with Crippen molar-refractivity contribution in [3.05, 3.63) is 200 Å². The van der Waals surface area contributed by atoms with Gasteiger partial charge in [0.05, 0.1) is 49.7 Å². The molecule has 0 amide bonds. The first-order valence-corrected chi connectivity index (χ1v) is 21.6. The van der Waals surface area contributed by atoms with Crippen LogP contribution in [0.15, 0.2) is 200 Å². The van der Waals surface area contributed by atoms with Gasteiger partial charge in [-0.15, -0.1) is 0 Å². The third-order valence-corrected chi connectivity index (χ3v) is 13.7. The summed E-state index contributed by atoms with van der Waals surface area (Å²) in [4.78, 5) is 10.9. The SMILES string of the molecule is c1ccc2c(c1)ccc1c2c2ccccc2n1-c1nc2ccccc2nc1-c1ccc(-n2c3c4ccccc4ccc3c3cc4c5ccccc5n5c6ccccc6c(c32)c45)cc1. The fraction of sp³-hybridized carbons (Fsp3) is 0. The van der Waals surface area contributed by atoms with Gasteiger partial charge < -0.3 is 8.97 Å². The van der Waals surface area contributed by atoms with Gasteiger partial charge in [-0.2, -0.15) is 0 Å². The Morgan fingerprint density at radius 1 is 0.317 bits per heavy atom. The van der Waals surface area contributed by atoms with Crippen LogP contribution in [0.25, 0.3) is 137 Å². The van der Waals surface area contributed by atoms with Crippen LogP contribution in [0.1, 0.15) is 0 Å². The fourth-order valence-corrected chi connectivity index (χ4v) is 11.1. The zero-order valence-corrected chi connectivity index (χ0v) is 33.8. The van der Waals surface area contributed by atoms with E-state index in [4.69, 9.17) is 9.97 Å². The molecule has 63 heavy (non-hydrogen) atoms. The Labute approximate surface area is 359 Å². The Hall–Kier alpha value is -8.54. The van der Waals surface area contributed by atoms with Crippen molar-refractivity contribution in [2.24, 2.45) is 0 Å². The number of benzene rings is 10. The predicted octanol–water partition coefficient (Wildman–Crippen LogP) is 14.9. The topological polar surface area (TPSA) is 40.0 Å². The van der Waals surface area contributed by atoms with E-state index in [0.29, 0.717) is 0 Å². The Morgan fingerprint density at radius 3 is 1.67 bits per heavy atom. The molecule has 0 saturated heterocycles. The van der Waals surface area contributed by atoms with E-state index in [9.17, 15) is 0 Å². The van der Waals surface area contributed by atoms with Gasteiger partial charge in [0.1, 0.15) is 5.69 Å². The Bertz CT molecular complexity index is 4430. The molecule has 5 heterocycles. The highest BCUT2D eigenvalue weighted by Gasteiger charge is 2.26. The van der Waals surface area contributed by atoms with Crippen LogP contribution in [0.4, 0.5) is 0 Å². The van der Waals surface area contributed by atoms with Crippen molar-refractivity contribution >= 4 is 114 Å². The minimum absolute atomic E-state index is 0.811. The molecular formula is C58H33N5. The van der Waals surface area contributed by atoms with Gasteiger partial charge in [0.2, 0.25) is 0 Å². The van der Waals surface area contributed by atoms with Crippen LogP contribution in [0, 0.1) is 0 Å². The Morgan fingerprint density at radius 2 is 0.889 bits per heavy atom. The summed E-state index contributed by atoms with van der Waals surface area (Å²) in [5.41, 5.74) is 13.0. The summed E-state index contributed by atoms with van der Waals surface area (Å²) in [7, 11) is 0. The van der Waals surface area contributed by atoms with Crippen LogP contribution in [-0.4, -0.2) is 23.5 Å². The first-order valence-electron chi connectivity index (χ1n) is 21.6. The average Bonchev–Trinajstić information content (AvgIpc) is 4.08. The standard InChI is InChI=1S/C58H33N5/c1-3-15-38-34(13-1)28-32-51-52(38)42-18-6-12-24-50(42)63(51)58-54(59-46-20-8-9-21-47(46)60-58)36-25-29-37(30-26-36)61-55-39-16-4-2-14-35(39)27-31-41(55)45-33-44-40-17-5-10-22-48(40)62-49-23-11-7-19-43(49)53(56(45)61)57(44)62/h1-33H. The van der Waals surface area contributed by atoms with Gasteiger partial charge in [-0.1, -0.05) is 146 Å². The molecule has 0 saturated carbocycles. The number of nitrogens with zero attached hydrogens (tertiary/aromatic N) is 5. The molecule has 0 radical (unpaired) electrons. The molecular weight excluding hydrogens is 767 g/mol.